The van der Waals surface area contributed by atoms with Crippen molar-refractivity contribution in [3.05, 3.63) is 36.4 Å². The average molecular weight is 436 g/mol. The Bertz CT molecular complexity index is 810. The van der Waals surface area contributed by atoms with Crippen LogP contribution in [0, 0.1) is 6.92 Å². The standard InChI is InChI=1S/C18H21F5N4OS/c1-3-26(15-12-27(25-13(15)2)14-5-4-8-24-11-14)16(28)6-9-29-10-7-17(19,20)18(21,22)23/h4-5,8,11-12H,3,6-7,9-10H2,1-2H3. The third-order valence-corrected chi connectivity index (χ3v) is 5.11. The first kappa shape index (κ1) is 23.1. The zero-order chi connectivity index (χ0) is 21.7. The molecule has 2 aromatic rings. The molecule has 2 heterocycles. The number of alkyl halides is 5. The molecule has 0 N–H and O–H groups in total. The summed E-state index contributed by atoms with van der Waals surface area (Å²) in [7, 11) is 0. The number of pyridine rings is 1. The molecule has 0 saturated carbocycles. The van der Waals surface area contributed by atoms with Crippen molar-refractivity contribution in [1.29, 1.82) is 0 Å². The summed E-state index contributed by atoms with van der Waals surface area (Å²) in [5, 5.41) is 4.38. The zero-order valence-electron chi connectivity index (χ0n) is 15.9. The average Bonchev–Trinajstić information content (AvgIpc) is 3.03. The van der Waals surface area contributed by atoms with Gasteiger partial charge in [0, 0.05) is 31.3 Å². The van der Waals surface area contributed by atoms with Crippen molar-refractivity contribution in [2.45, 2.75) is 38.8 Å². The predicted octanol–water partition coefficient (Wildman–Crippen LogP) is 4.64. The summed E-state index contributed by atoms with van der Waals surface area (Å²) in [6.07, 6.45) is -1.87. The second kappa shape index (κ2) is 9.55. The van der Waals surface area contributed by atoms with Crippen LogP contribution in [-0.2, 0) is 4.79 Å². The van der Waals surface area contributed by atoms with Crippen LogP contribution in [0.5, 0.6) is 0 Å². The summed E-state index contributed by atoms with van der Waals surface area (Å²) in [5.74, 6) is -5.20. The number of amides is 1. The van der Waals surface area contributed by atoms with E-state index in [-0.39, 0.29) is 23.8 Å². The van der Waals surface area contributed by atoms with Crippen LogP contribution in [0.15, 0.2) is 30.7 Å². The lowest BCUT2D eigenvalue weighted by molar-refractivity contribution is -0.282. The van der Waals surface area contributed by atoms with E-state index in [1.165, 1.54) is 4.90 Å². The maximum atomic E-state index is 12.9. The molecular formula is C18H21F5N4OS. The van der Waals surface area contributed by atoms with Crippen molar-refractivity contribution < 1.29 is 26.7 Å². The van der Waals surface area contributed by atoms with Gasteiger partial charge in [0.1, 0.15) is 0 Å². The molecule has 29 heavy (non-hydrogen) atoms. The molecule has 0 aliphatic heterocycles. The van der Waals surface area contributed by atoms with Crippen molar-refractivity contribution in [1.82, 2.24) is 14.8 Å². The van der Waals surface area contributed by atoms with Crippen molar-refractivity contribution in [3.63, 3.8) is 0 Å². The monoisotopic (exact) mass is 436 g/mol. The van der Waals surface area contributed by atoms with Crippen LogP contribution in [0.4, 0.5) is 27.6 Å². The molecule has 0 fully saturated rings. The van der Waals surface area contributed by atoms with E-state index >= 15 is 0 Å². The smallest absolute Gasteiger partial charge is 0.310 e. The first-order valence-corrected chi connectivity index (χ1v) is 10.0. The molecule has 5 nitrogen and oxygen atoms in total. The van der Waals surface area contributed by atoms with Gasteiger partial charge in [-0.25, -0.2) is 4.68 Å². The first-order valence-electron chi connectivity index (χ1n) is 8.86. The molecular weight excluding hydrogens is 415 g/mol. The largest absolute Gasteiger partial charge is 0.453 e. The number of anilines is 1. The lowest BCUT2D eigenvalue weighted by Crippen LogP contribution is -2.36. The molecule has 0 unspecified atom stereocenters. The van der Waals surface area contributed by atoms with Crippen molar-refractivity contribution in [3.8, 4) is 5.69 Å². The van der Waals surface area contributed by atoms with E-state index in [1.54, 1.807) is 43.2 Å². The molecule has 0 aliphatic rings. The maximum Gasteiger partial charge on any atom is 0.453 e. The molecule has 160 valence electrons. The highest BCUT2D eigenvalue weighted by atomic mass is 32.2. The van der Waals surface area contributed by atoms with Crippen LogP contribution in [0.2, 0.25) is 0 Å². The first-order chi connectivity index (χ1) is 13.6. The third-order valence-electron chi connectivity index (χ3n) is 4.13. The number of thioether (sulfide) groups is 1. The highest BCUT2D eigenvalue weighted by molar-refractivity contribution is 7.99. The minimum Gasteiger partial charge on any atom is -0.310 e. The quantitative estimate of drug-likeness (QED) is 0.425. The molecule has 2 rings (SSSR count). The van der Waals surface area contributed by atoms with Gasteiger partial charge < -0.3 is 4.90 Å². The van der Waals surface area contributed by atoms with E-state index in [2.05, 4.69) is 10.1 Å². The lowest BCUT2D eigenvalue weighted by Gasteiger charge is -2.20. The Morgan fingerprint density at radius 1 is 1.24 bits per heavy atom. The summed E-state index contributed by atoms with van der Waals surface area (Å²) >= 11 is 0.897. The lowest BCUT2D eigenvalue weighted by atomic mass is 10.2. The summed E-state index contributed by atoms with van der Waals surface area (Å²) in [4.78, 5) is 18.1. The summed E-state index contributed by atoms with van der Waals surface area (Å²) < 4.78 is 63.8. The van der Waals surface area contributed by atoms with Gasteiger partial charge in [-0.1, -0.05) is 0 Å². The van der Waals surface area contributed by atoms with E-state index < -0.39 is 18.5 Å². The van der Waals surface area contributed by atoms with Gasteiger partial charge in [0.15, 0.2) is 0 Å². The number of hydrogen-bond acceptors (Lipinski definition) is 4. The Balaban J connectivity index is 1.92. The molecule has 0 aliphatic carbocycles. The topological polar surface area (TPSA) is 51.0 Å². The van der Waals surface area contributed by atoms with Gasteiger partial charge in [0.2, 0.25) is 5.91 Å². The third kappa shape index (κ3) is 5.91. The molecule has 0 atom stereocenters. The number of carbonyl (C=O) groups excluding carboxylic acids is 1. The second-order valence-corrected chi connectivity index (χ2v) is 7.43. The van der Waals surface area contributed by atoms with Crippen LogP contribution >= 0.6 is 11.8 Å². The van der Waals surface area contributed by atoms with E-state index in [0.717, 1.165) is 17.4 Å². The van der Waals surface area contributed by atoms with Gasteiger partial charge in [-0.15, -0.1) is 0 Å². The van der Waals surface area contributed by atoms with Crippen molar-refractivity contribution in [2.24, 2.45) is 0 Å². The molecule has 0 bridgehead atoms. The van der Waals surface area contributed by atoms with Gasteiger partial charge in [-0.05, 0) is 31.7 Å². The minimum atomic E-state index is -5.55. The number of hydrogen-bond donors (Lipinski definition) is 0. The zero-order valence-corrected chi connectivity index (χ0v) is 16.7. The van der Waals surface area contributed by atoms with Crippen LogP contribution in [0.1, 0.15) is 25.5 Å². The molecule has 0 spiro atoms. The van der Waals surface area contributed by atoms with Crippen LogP contribution in [-0.4, -0.2) is 50.8 Å². The van der Waals surface area contributed by atoms with Crippen molar-refractivity contribution in [2.75, 3.05) is 23.0 Å². The highest BCUT2D eigenvalue weighted by Crippen LogP contribution is 2.38. The van der Waals surface area contributed by atoms with Gasteiger partial charge in [0.05, 0.1) is 29.5 Å². The van der Waals surface area contributed by atoms with Gasteiger partial charge >= 0.3 is 12.1 Å². The van der Waals surface area contributed by atoms with Gasteiger partial charge in [-0.2, -0.15) is 38.8 Å². The van der Waals surface area contributed by atoms with E-state index in [4.69, 9.17) is 0 Å². The number of carbonyl (C=O) groups is 1. The molecule has 0 aromatic carbocycles. The van der Waals surface area contributed by atoms with E-state index in [1.807, 2.05) is 6.07 Å². The number of aromatic nitrogens is 3. The molecule has 2 aromatic heterocycles. The van der Waals surface area contributed by atoms with E-state index in [0.29, 0.717) is 17.9 Å². The van der Waals surface area contributed by atoms with Gasteiger partial charge in [0.25, 0.3) is 0 Å². The fraction of sp³-hybridized carbons (Fsp3) is 0.500. The fourth-order valence-corrected chi connectivity index (χ4v) is 3.48. The molecule has 0 saturated heterocycles. The highest BCUT2D eigenvalue weighted by Gasteiger charge is 2.56. The summed E-state index contributed by atoms with van der Waals surface area (Å²) in [6.45, 7) is 3.91. The molecule has 11 heteroatoms. The van der Waals surface area contributed by atoms with E-state index in [9.17, 15) is 26.7 Å². The SMILES string of the molecule is CCN(C(=O)CCSCCC(F)(F)C(F)(F)F)c1cn(-c2cccnc2)nc1C. The number of halogens is 5. The molecule has 1 amide bonds. The predicted molar refractivity (Wildman–Crippen MR) is 102 cm³/mol. The summed E-state index contributed by atoms with van der Waals surface area (Å²) in [6, 6.07) is 3.57. The number of rotatable bonds is 9. The second-order valence-electron chi connectivity index (χ2n) is 6.21. The number of aryl methyl sites for hydroxylation is 1. The van der Waals surface area contributed by atoms with Crippen LogP contribution in [0.25, 0.3) is 5.69 Å². The Morgan fingerprint density at radius 3 is 2.55 bits per heavy atom. The van der Waals surface area contributed by atoms with Gasteiger partial charge in [-0.3, -0.25) is 9.78 Å². The van der Waals surface area contributed by atoms with Crippen molar-refractivity contribution >= 4 is 23.4 Å². The maximum absolute atomic E-state index is 12.9. The Labute approximate surface area is 169 Å². The summed E-state index contributed by atoms with van der Waals surface area (Å²) in [5.41, 5.74) is 1.96. The van der Waals surface area contributed by atoms with Crippen LogP contribution < -0.4 is 4.90 Å². The van der Waals surface area contributed by atoms with Crippen LogP contribution in [0.3, 0.4) is 0 Å². The Hall–Kier alpha value is -2.17. The Morgan fingerprint density at radius 2 is 1.97 bits per heavy atom. The Kier molecular flexibility index (Phi) is 7.61. The fourth-order valence-electron chi connectivity index (χ4n) is 2.56. The number of nitrogens with zero attached hydrogens (tertiary/aromatic N) is 4. The molecule has 0 radical (unpaired) electrons. The minimum absolute atomic E-state index is 0.0214. The normalized spacial score (nSPS) is 12.2.